The molecule has 0 spiro atoms. The molecule has 4 heterocycles. The predicted molar refractivity (Wildman–Crippen MR) is 95.2 cm³/mol. The Labute approximate surface area is 148 Å². The van der Waals surface area contributed by atoms with Gasteiger partial charge in [-0.3, -0.25) is 4.90 Å². The van der Waals surface area contributed by atoms with Gasteiger partial charge in [0.2, 0.25) is 0 Å². The maximum atomic E-state index is 4.79. The number of fused-ring (bicyclic) bond motifs is 1. The zero-order valence-electron chi connectivity index (χ0n) is 14.7. The zero-order valence-corrected chi connectivity index (χ0v) is 14.7. The van der Waals surface area contributed by atoms with Crippen molar-refractivity contribution >= 4 is 5.82 Å². The van der Waals surface area contributed by atoms with Gasteiger partial charge in [0, 0.05) is 56.6 Å². The Morgan fingerprint density at radius 1 is 1.08 bits per heavy atom. The summed E-state index contributed by atoms with van der Waals surface area (Å²) in [4.78, 5) is 22.8. The van der Waals surface area contributed by atoms with Crippen LogP contribution in [0.1, 0.15) is 35.8 Å². The van der Waals surface area contributed by atoms with E-state index in [-0.39, 0.29) is 0 Å². The quantitative estimate of drug-likeness (QED) is 0.851. The van der Waals surface area contributed by atoms with Crippen molar-refractivity contribution in [3.8, 4) is 0 Å². The third-order valence-electron chi connectivity index (χ3n) is 5.79. The van der Waals surface area contributed by atoms with Crippen LogP contribution in [0, 0.1) is 18.8 Å². The molecule has 6 nitrogen and oxygen atoms in total. The Morgan fingerprint density at radius 2 is 1.88 bits per heavy atom. The van der Waals surface area contributed by atoms with Crippen LogP contribution in [0.15, 0.2) is 24.8 Å². The van der Waals surface area contributed by atoms with E-state index in [2.05, 4.69) is 37.7 Å². The molecular formula is C19H24N6. The van der Waals surface area contributed by atoms with Crippen molar-refractivity contribution < 1.29 is 0 Å². The second-order valence-corrected chi connectivity index (χ2v) is 7.83. The number of anilines is 1. The number of rotatable bonds is 4. The van der Waals surface area contributed by atoms with Crippen LogP contribution in [-0.4, -0.2) is 51.0 Å². The van der Waals surface area contributed by atoms with Crippen LogP contribution < -0.4 is 4.90 Å². The van der Waals surface area contributed by atoms with Crippen molar-refractivity contribution in [2.75, 3.05) is 31.1 Å². The van der Waals surface area contributed by atoms with Crippen LogP contribution in [0.4, 0.5) is 5.82 Å². The Bertz CT molecular complexity index is 760. The van der Waals surface area contributed by atoms with Crippen LogP contribution in [0.25, 0.3) is 0 Å². The first-order valence-corrected chi connectivity index (χ1v) is 9.32. The molecular weight excluding hydrogens is 312 g/mol. The van der Waals surface area contributed by atoms with Crippen molar-refractivity contribution in [2.24, 2.45) is 11.8 Å². The smallest absolute Gasteiger partial charge is 0.134 e. The molecule has 25 heavy (non-hydrogen) atoms. The average Bonchev–Trinajstić information content (AvgIpc) is 3.29. The topological polar surface area (TPSA) is 58.0 Å². The third-order valence-corrected chi connectivity index (χ3v) is 5.79. The van der Waals surface area contributed by atoms with Gasteiger partial charge in [0.15, 0.2) is 0 Å². The molecule has 2 aromatic heterocycles. The minimum Gasteiger partial charge on any atom is -0.356 e. The van der Waals surface area contributed by atoms with Crippen molar-refractivity contribution in [1.29, 1.82) is 0 Å². The molecule has 2 unspecified atom stereocenters. The number of aromatic nitrogens is 4. The first kappa shape index (κ1) is 15.2. The molecule has 130 valence electrons. The molecule has 3 aliphatic rings. The Hall–Kier alpha value is -2.08. The SMILES string of the molecule is Cc1cncnc1N1CC2CN(Cc3ccnc(C4CC4)n3)CC2C1. The van der Waals surface area contributed by atoms with Crippen LogP contribution in [0.2, 0.25) is 0 Å². The van der Waals surface area contributed by atoms with Crippen molar-refractivity contribution in [1.82, 2.24) is 24.8 Å². The lowest BCUT2D eigenvalue weighted by atomic mass is 10.0. The largest absolute Gasteiger partial charge is 0.356 e. The van der Waals surface area contributed by atoms with Gasteiger partial charge in [-0.25, -0.2) is 19.9 Å². The van der Waals surface area contributed by atoms with Crippen molar-refractivity contribution in [3.05, 3.63) is 41.9 Å². The second kappa shape index (κ2) is 6.02. The molecule has 0 N–H and O–H groups in total. The van der Waals surface area contributed by atoms with Crippen LogP contribution >= 0.6 is 0 Å². The maximum Gasteiger partial charge on any atom is 0.134 e. The normalized spacial score (nSPS) is 26.2. The highest BCUT2D eigenvalue weighted by molar-refractivity contribution is 5.46. The fraction of sp³-hybridized carbons (Fsp3) is 0.579. The molecule has 2 aromatic rings. The monoisotopic (exact) mass is 336 g/mol. The number of hydrogen-bond donors (Lipinski definition) is 0. The van der Waals surface area contributed by atoms with Gasteiger partial charge in [0.1, 0.15) is 18.0 Å². The van der Waals surface area contributed by atoms with E-state index in [0.717, 1.165) is 56.2 Å². The van der Waals surface area contributed by atoms with E-state index in [0.29, 0.717) is 5.92 Å². The van der Waals surface area contributed by atoms with E-state index < -0.39 is 0 Å². The summed E-state index contributed by atoms with van der Waals surface area (Å²) in [7, 11) is 0. The maximum absolute atomic E-state index is 4.79. The Morgan fingerprint density at radius 3 is 2.60 bits per heavy atom. The van der Waals surface area contributed by atoms with Gasteiger partial charge in [0.25, 0.3) is 0 Å². The summed E-state index contributed by atoms with van der Waals surface area (Å²) in [6, 6.07) is 2.08. The third kappa shape index (κ3) is 2.99. The lowest BCUT2D eigenvalue weighted by Crippen LogP contribution is -2.29. The predicted octanol–water partition coefficient (Wildman–Crippen LogP) is 2.02. The lowest BCUT2D eigenvalue weighted by Gasteiger charge is -2.23. The van der Waals surface area contributed by atoms with Crippen molar-refractivity contribution in [3.63, 3.8) is 0 Å². The number of nitrogens with zero attached hydrogens (tertiary/aromatic N) is 6. The van der Waals surface area contributed by atoms with Gasteiger partial charge in [-0.1, -0.05) is 0 Å². The minimum absolute atomic E-state index is 0.627. The van der Waals surface area contributed by atoms with E-state index in [1.54, 1.807) is 6.33 Å². The molecule has 6 heteroatoms. The average molecular weight is 336 g/mol. The zero-order chi connectivity index (χ0) is 16.8. The van der Waals surface area contributed by atoms with Crippen molar-refractivity contribution in [2.45, 2.75) is 32.2 Å². The number of likely N-dealkylation sites (tertiary alicyclic amines) is 1. The van der Waals surface area contributed by atoms with Gasteiger partial charge < -0.3 is 4.90 Å². The van der Waals surface area contributed by atoms with Crippen LogP contribution in [0.5, 0.6) is 0 Å². The molecule has 0 aromatic carbocycles. The highest BCUT2D eigenvalue weighted by atomic mass is 15.3. The van der Waals surface area contributed by atoms with E-state index in [1.807, 2.05) is 12.4 Å². The molecule has 0 radical (unpaired) electrons. The van der Waals surface area contributed by atoms with Gasteiger partial charge in [-0.05, 0) is 37.7 Å². The summed E-state index contributed by atoms with van der Waals surface area (Å²) in [5.74, 6) is 4.27. The van der Waals surface area contributed by atoms with Crippen LogP contribution in [-0.2, 0) is 6.54 Å². The Balaban J connectivity index is 1.22. The van der Waals surface area contributed by atoms with Gasteiger partial charge in [-0.2, -0.15) is 0 Å². The molecule has 2 saturated heterocycles. The van der Waals surface area contributed by atoms with E-state index in [1.165, 1.54) is 24.1 Å². The molecule has 0 amide bonds. The van der Waals surface area contributed by atoms with Gasteiger partial charge >= 0.3 is 0 Å². The van der Waals surface area contributed by atoms with E-state index in [4.69, 9.17) is 4.98 Å². The number of hydrogen-bond acceptors (Lipinski definition) is 6. The van der Waals surface area contributed by atoms with E-state index in [9.17, 15) is 0 Å². The summed E-state index contributed by atoms with van der Waals surface area (Å²) in [5.41, 5.74) is 2.35. The van der Waals surface area contributed by atoms with E-state index >= 15 is 0 Å². The molecule has 1 aliphatic carbocycles. The van der Waals surface area contributed by atoms with Crippen LogP contribution in [0.3, 0.4) is 0 Å². The highest BCUT2D eigenvalue weighted by Crippen LogP contribution is 2.38. The highest BCUT2D eigenvalue weighted by Gasteiger charge is 2.40. The first-order chi connectivity index (χ1) is 12.3. The molecule has 1 saturated carbocycles. The second-order valence-electron chi connectivity index (χ2n) is 7.83. The standard InChI is InChI=1S/C19H24N6/c1-13-6-20-12-22-19(13)25-9-15-7-24(8-16(15)10-25)11-17-4-5-21-18(23-17)14-2-3-14/h4-6,12,14-16H,2-3,7-11H2,1H3. The summed E-state index contributed by atoms with van der Waals surface area (Å²) in [5, 5.41) is 0. The minimum atomic E-state index is 0.627. The molecule has 0 bridgehead atoms. The Kier molecular flexibility index (Phi) is 3.66. The van der Waals surface area contributed by atoms with Gasteiger partial charge in [-0.15, -0.1) is 0 Å². The summed E-state index contributed by atoms with van der Waals surface area (Å²) >= 11 is 0. The summed E-state index contributed by atoms with van der Waals surface area (Å²) in [6.45, 7) is 7.60. The molecule has 3 fully saturated rings. The fourth-order valence-corrected chi connectivity index (χ4v) is 4.38. The van der Waals surface area contributed by atoms with Gasteiger partial charge in [0.05, 0.1) is 5.69 Å². The molecule has 2 atom stereocenters. The lowest BCUT2D eigenvalue weighted by molar-refractivity contribution is 0.304. The fourth-order valence-electron chi connectivity index (χ4n) is 4.38. The number of aryl methyl sites for hydroxylation is 1. The summed E-state index contributed by atoms with van der Waals surface area (Å²) < 4.78 is 0. The first-order valence-electron chi connectivity index (χ1n) is 9.32. The summed E-state index contributed by atoms with van der Waals surface area (Å²) in [6.07, 6.45) is 8.03. The molecule has 5 rings (SSSR count). The molecule has 2 aliphatic heterocycles.